The van der Waals surface area contributed by atoms with Crippen molar-refractivity contribution in [2.45, 2.75) is 30.9 Å². The van der Waals surface area contributed by atoms with Crippen molar-refractivity contribution in [2.24, 2.45) is 5.92 Å². The monoisotopic (exact) mass is 435 g/mol. The zero-order valence-electron chi connectivity index (χ0n) is 16.5. The molecule has 1 aliphatic heterocycles. The number of anilines is 1. The van der Waals surface area contributed by atoms with Crippen LogP contribution < -0.4 is 10.6 Å². The zero-order chi connectivity index (χ0) is 21.0. The molecule has 3 rings (SSSR count). The van der Waals surface area contributed by atoms with Gasteiger partial charge in [0.25, 0.3) is 10.0 Å². The quantitative estimate of drug-likeness (QED) is 0.729. The first-order valence-corrected chi connectivity index (χ1v) is 11.8. The SMILES string of the molecule is Cc1cccc(NC(=O)CNC(=O)C2CCCN(S(=O)(=O)c3cccs3)C2)c1C. The molecule has 2 aromatic rings. The standard InChI is InChI=1S/C20H25N3O4S2/c1-14-6-3-8-17(15(14)2)22-18(24)12-21-20(25)16-7-4-10-23(13-16)29(26,27)19-9-5-11-28-19/h3,5-6,8-9,11,16H,4,7,10,12-13H2,1-2H3,(H,21,25)(H,22,24). The molecular formula is C20H25N3O4S2. The second-order valence-electron chi connectivity index (χ2n) is 7.15. The summed E-state index contributed by atoms with van der Waals surface area (Å²) >= 11 is 1.17. The third kappa shape index (κ3) is 5.04. The van der Waals surface area contributed by atoms with Crippen LogP contribution in [0.5, 0.6) is 0 Å². The van der Waals surface area contributed by atoms with E-state index in [4.69, 9.17) is 0 Å². The average molecular weight is 436 g/mol. The maximum absolute atomic E-state index is 12.7. The summed E-state index contributed by atoms with van der Waals surface area (Å²) in [5.41, 5.74) is 2.77. The highest BCUT2D eigenvalue weighted by Gasteiger charge is 2.33. The van der Waals surface area contributed by atoms with Gasteiger partial charge in [-0.25, -0.2) is 8.42 Å². The van der Waals surface area contributed by atoms with E-state index in [1.807, 2.05) is 32.0 Å². The van der Waals surface area contributed by atoms with E-state index in [1.165, 1.54) is 15.6 Å². The van der Waals surface area contributed by atoms with Crippen LogP contribution in [0.15, 0.2) is 39.9 Å². The van der Waals surface area contributed by atoms with Gasteiger partial charge < -0.3 is 10.6 Å². The van der Waals surface area contributed by atoms with E-state index < -0.39 is 15.9 Å². The summed E-state index contributed by atoms with van der Waals surface area (Å²) in [5, 5.41) is 7.16. The van der Waals surface area contributed by atoms with Crippen LogP contribution in [0.3, 0.4) is 0 Å². The van der Waals surface area contributed by atoms with Crippen molar-refractivity contribution >= 4 is 38.9 Å². The highest BCUT2D eigenvalue weighted by Crippen LogP contribution is 2.26. The number of hydrogen-bond donors (Lipinski definition) is 2. The van der Waals surface area contributed by atoms with Crippen molar-refractivity contribution in [3.63, 3.8) is 0 Å². The van der Waals surface area contributed by atoms with Gasteiger partial charge in [-0.2, -0.15) is 4.31 Å². The van der Waals surface area contributed by atoms with Gasteiger partial charge in [0.15, 0.2) is 0 Å². The largest absolute Gasteiger partial charge is 0.347 e. The highest BCUT2D eigenvalue weighted by atomic mass is 32.2. The van der Waals surface area contributed by atoms with Crippen LogP contribution in [-0.4, -0.2) is 44.2 Å². The molecule has 7 nitrogen and oxygen atoms in total. The first-order valence-electron chi connectivity index (χ1n) is 9.46. The lowest BCUT2D eigenvalue weighted by Crippen LogP contribution is -2.46. The van der Waals surface area contributed by atoms with E-state index in [0.29, 0.717) is 19.4 Å². The number of piperidine rings is 1. The van der Waals surface area contributed by atoms with E-state index in [-0.39, 0.29) is 29.1 Å². The third-order valence-corrected chi connectivity index (χ3v) is 8.38. The Kier molecular flexibility index (Phi) is 6.71. The molecule has 29 heavy (non-hydrogen) atoms. The maximum atomic E-state index is 12.7. The predicted octanol–water partition coefficient (Wildman–Crippen LogP) is 2.52. The minimum atomic E-state index is -3.57. The summed E-state index contributed by atoms with van der Waals surface area (Å²) < 4.78 is 27.0. The molecule has 1 saturated heterocycles. The Balaban J connectivity index is 1.55. The Bertz CT molecular complexity index is 987. The van der Waals surface area contributed by atoms with Gasteiger partial charge in [-0.05, 0) is 55.3 Å². The number of aryl methyl sites for hydroxylation is 1. The van der Waals surface area contributed by atoms with Crippen LogP contribution in [0.1, 0.15) is 24.0 Å². The van der Waals surface area contributed by atoms with Crippen molar-refractivity contribution in [1.82, 2.24) is 9.62 Å². The molecule has 0 aliphatic carbocycles. The molecule has 0 radical (unpaired) electrons. The number of nitrogens with zero attached hydrogens (tertiary/aromatic N) is 1. The van der Waals surface area contributed by atoms with Crippen LogP contribution in [0.2, 0.25) is 0 Å². The molecule has 0 bridgehead atoms. The van der Waals surface area contributed by atoms with Crippen molar-refractivity contribution in [3.8, 4) is 0 Å². The van der Waals surface area contributed by atoms with Crippen LogP contribution in [-0.2, 0) is 19.6 Å². The number of carbonyl (C=O) groups is 2. The summed E-state index contributed by atoms with van der Waals surface area (Å²) in [6.07, 6.45) is 1.21. The van der Waals surface area contributed by atoms with Crippen LogP contribution >= 0.6 is 11.3 Å². The first-order chi connectivity index (χ1) is 13.8. The summed E-state index contributed by atoms with van der Waals surface area (Å²) in [6, 6.07) is 8.91. The van der Waals surface area contributed by atoms with Gasteiger partial charge in [-0.3, -0.25) is 9.59 Å². The molecule has 9 heteroatoms. The zero-order valence-corrected chi connectivity index (χ0v) is 18.1. The molecule has 1 unspecified atom stereocenters. The molecule has 2 heterocycles. The lowest BCUT2D eigenvalue weighted by atomic mass is 9.99. The molecule has 0 spiro atoms. The van der Waals surface area contributed by atoms with Crippen molar-refractivity contribution in [2.75, 3.05) is 25.0 Å². The third-order valence-electron chi connectivity index (χ3n) is 5.15. The number of sulfonamides is 1. The molecule has 1 aromatic heterocycles. The number of carbonyl (C=O) groups excluding carboxylic acids is 2. The first kappa shape index (κ1) is 21.5. The van der Waals surface area contributed by atoms with E-state index >= 15 is 0 Å². The molecule has 1 aromatic carbocycles. The molecule has 2 amide bonds. The van der Waals surface area contributed by atoms with Gasteiger partial charge in [0, 0.05) is 18.8 Å². The van der Waals surface area contributed by atoms with Crippen LogP contribution in [0.25, 0.3) is 0 Å². The maximum Gasteiger partial charge on any atom is 0.252 e. The Morgan fingerprint density at radius 3 is 2.72 bits per heavy atom. The number of rotatable bonds is 6. The fourth-order valence-corrected chi connectivity index (χ4v) is 5.97. The Morgan fingerprint density at radius 2 is 2.00 bits per heavy atom. The smallest absolute Gasteiger partial charge is 0.252 e. The van der Waals surface area contributed by atoms with E-state index in [9.17, 15) is 18.0 Å². The lowest BCUT2D eigenvalue weighted by Gasteiger charge is -2.30. The second kappa shape index (κ2) is 9.06. The molecule has 0 saturated carbocycles. The molecule has 1 fully saturated rings. The van der Waals surface area contributed by atoms with Crippen molar-refractivity contribution < 1.29 is 18.0 Å². The summed E-state index contributed by atoms with van der Waals surface area (Å²) in [4.78, 5) is 24.7. The van der Waals surface area contributed by atoms with E-state index in [1.54, 1.807) is 17.5 Å². The number of nitrogens with one attached hydrogen (secondary N) is 2. The Hall–Kier alpha value is -2.23. The lowest BCUT2D eigenvalue weighted by molar-refractivity contribution is -0.128. The number of thiophene rings is 1. The van der Waals surface area contributed by atoms with Crippen molar-refractivity contribution in [1.29, 1.82) is 0 Å². The van der Waals surface area contributed by atoms with Gasteiger partial charge in [0.2, 0.25) is 11.8 Å². The molecule has 1 aliphatic rings. The molecular weight excluding hydrogens is 410 g/mol. The van der Waals surface area contributed by atoms with Gasteiger partial charge in [-0.1, -0.05) is 18.2 Å². The number of amides is 2. The summed E-state index contributed by atoms with van der Waals surface area (Å²) in [6.45, 7) is 4.27. The van der Waals surface area contributed by atoms with Crippen LogP contribution in [0.4, 0.5) is 5.69 Å². The summed E-state index contributed by atoms with van der Waals surface area (Å²) in [7, 11) is -3.57. The molecule has 1 atom stereocenters. The minimum absolute atomic E-state index is 0.130. The van der Waals surface area contributed by atoms with Gasteiger partial charge >= 0.3 is 0 Å². The molecule has 2 N–H and O–H groups in total. The normalized spacial score (nSPS) is 17.7. The number of benzene rings is 1. The average Bonchev–Trinajstić information content (AvgIpc) is 3.25. The van der Waals surface area contributed by atoms with E-state index in [2.05, 4.69) is 10.6 Å². The number of hydrogen-bond acceptors (Lipinski definition) is 5. The highest BCUT2D eigenvalue weighted by molar-refractivity contribution is 7.91. The van der Waals surface area contributed by atoms with Crippen molar-refractivity contribution in [3.05, 3.63) is 46.8 Å². The van der Waals surface area contributed by atoms with Gasteiger partial charge in [0.05, 0.1) is 12.5 Å². The summed E-state index contributed by atoms with van der Waals surface area (Å²) in [5.74, 6) is -1.08. The Labute approximate surface area is 175 Å². The van der Waals surface area contributed by atoms with E-state index in [0.717, 1.165) is 16.8 Å². The second-order valence-corrected chi connectivity index (χ2v) is 10.3. The fraction of sp³-hybridized carbons (Fsp3) is 0.400. The topological polar surface area (TPSA) is 95.6 Å². The minimum Gasteiger partial charge on any atom is -0.347 e. The van der Waals surface area contributed by atoms with Gasteiger partial charge in [0.1, 0.15) is 4.21 Å². The van der Waals surface area contributed by atoms with Crippen LogP contribution in [0, 0.1) is 19.8 Å². The predicted molar refractivity (Wildman–Crippen MR) is 113 cm³/mol. The molecule has 156 valence electrons. The fourth-order valence-electron chi connectivity index (χ4n) is 3.30. The van der Waals surface area contributed by atoms with Gasteiger partial charge in [-0.15, -0.1) is 11.3 Å². The Morgan fingerprint density at radius 1 is 1.21 bits per heavy atom.